The van der Waals surface area contributed by atoms with Gasteiger partial charge in [0, 0.05) is 6.04 Å². The van der Waals surface area contributed by atoms with E-state index in [0.717, 1.165) is 0 Å². The van der Waals surface area contributed by atoms with Crippen LogP contribution in [0.4, 0.5) is 13.2 Å². The van der Waals surface area contributed by atoms with Gasteiger partial charge in [0.2, 0.25) is 10.0 Å². The van der Waals surface area contributed by atoms with Gasteiger partial charge in [0.1, 0.15) is 6.54 Å². The number of carboxylic acid groups (broad SMARTS) is 1. The Bertz CT molecular complexity index is 376. The lowest BCUT2D eigenvalue weighted by atomic mass is 10.2. The van der Waals surface area contributed by atoms with Crippen LogP contribution in [0.3, 0.4) is 0 Å². The van der Waals surface area contributed by atoms with Gasteiger partial charge in [-0.3, -0.25) is 4.79 Å². The molecule has 0 unspecified atom stereocenters. The van der Waals surface area contributed by atoms with Gasteiger partial charge in [-0.1, -0.05) is 13.8 Å². The number of carbonyl (C=O) groups is 1. The topological polar surface area (TPSA) is 74.7 Å². The highest BCUT2D eigenvalue weighted by Crippen LogP contribution is 2.23. The predicted octanol–water partition coefficient (Wildman–Crippen LogP) is 1.45. The lowest BCUT2D eigenvalue weighted by molar-refractivity contribution is -0.140. The molecule has 0 rings (SSSR count). The van der Waals surface area contributed by atoms with Crippen LogP contribution in [0.2, 0.25) is 0 Å². The Morgan fingerprint density at radius 3 is 2.00 bits per heavy atom. The van der Waals surface area contributed by atoms with Crippen LogP contribution in [0.25, 0.3) is 0 Å². The van der Waals surface area contributed by atoms with Gasteiger partial charge in [-0.15, -0.1) is 0 Å². The van der Waals surface area contributed by atoms with Crippen LogP contribution in [-0.4, -0.2) is 48.3 Å². The highest BCUT2D eigenvalue weighted by Gasteiger charge is 2.39. The van der Waals surface area contributed by atoms with Crippen molar-refractivity contribution in [3.8, 4) is 0 Å². The molecule has 0 aromatic heterocycles. The van der Waals surface area contributed by atoms with E-state index in [-0.39, 0.29) is 17.1 Å². The normalized spacial score (nSPS) is 13.3. The third-order valence-electron chi connectivity index (χ3n) is 2.35. The molecule has 0 heterocycles. The van der Waals surface area contributed by atoms with E-state index < -0.39 is 40.5 Å². The molecule has 0 atom stereocenters. The standard InChI is InChI=1S/C9H16F3NO4S/c1-3-7(4-2)13(6-9(10,11)12)18(16,17)5-8(14)15/h7H,3-6H2,1-2H3,(H,14,15). The van der Waals surface area contributed by atoms with Crippen molar-refractivity contribution in [2.24, 2.45) is 0 Å². The smallest absolute Gasteiger partial charge is 0.402 e. The number of sulfonamides is 1. The van der Waals surface area contributed by atoms with Crippen LogP contribution in [0.5, 0.6) is 0 Å². The van der Waals surface area contributed by atoms with Gasteiger partial charge >= 0.3 is 12.1 Å². The van der Waals surface area contributed by atoms with Crippen molar-refractivity contribution in [2.45, 2.75) is 38.9 Å². The first kappa shape index (κ1) is 17.2. The van der Waals surface area contributed by atoms with Gasteiger partial charge in [0.05, 0.1) is 0 Å². The van der Waals surface area contributed by atoms with Crippen molar-refractivity contribution in [1.82, 2.24) is 4.31 Å². The van der Waals surface area contributed by atoms with Gasteiger partial charge < -0.3 is 5.11 Å². The van der Waals surface area contributed by atoms with E-state index >= 15 is 0 Å². The summed E-state index contributed by atoms with van der Waals surface area (Å²) in [6, 6.07) is -0.851. The molecule has 108 valence electrons. The number of nitrogens with zero attached hydrogens (tertiary/aromatic N) is 1. The van der Waals surface area contributed by atoms with Crippen LogP contribution in [0, 0.1) is 0 Å². The Kier molecular flexibility index (Phi) is 6.08. The summed E-state index contributed by atoms with van der Waals surface area (Å²) in [5.74, 6) is -3.01. The Labute approximate surface area is 104 Å². The number of halogens is 3. The molecule has 0 aromatic rings. The maximum atomic E-state index is 12.4. The summed E-state index contributed by atoms with van der Waals surface area (Å²) in [7, 11) is -4.46. The zero-order chi connectivity index (χ0) is 14.6. The first-order valence-corrected chi connectivity index (χ1v) is 6.92. The van der Waals surface area contributed by atoms with Crippen LogP contribution in [0.1, 0.15) is 26.7 Å². The largest absolute Gasteiger partial charge is 0.480 e. The third kappa shape index (κ3) is 5.67. The SMILES string of the molecule is CCC(CC)N(CC(F)(F)F)S(=O)(=O)CC(=O)O. The zero-order valence-electron chi connectivity index (χ0n) is 10.1. The minimum atomic E-state index is -4.70. The van der Waals surface area contributed by atoms with E-state index in [1.165, 1.54) is 0 Å². The molecule has 0 aromatic carbocycles. The Balaban J connectivity index is 5.26. The Hall–Kier alpha value is -0.830. The van der Waals surface area contributed by atoms with Crippen molar-refractivity contribution in [3.05, 3.63) is 0 Å². The summed E-state index contributed by atoms with van der Waals surface area (Å²) in [5, 5.41) is 8.44. The van der Waals surface area contributed by atoms with E-state index in [9.17, 15) is 26.4 Å². The van der Waals surface area contributed by atoms with Crippen molar-refractivity contribution in [3.63, 3.8) is 0 Å². The van der Waals surface area contributed by atoms with Crippen molar-refractivity contribution < 1.29 is 31.5 Å². The summed E-state index contributed by atoms with van der Waals surface area (Å²) in [6.07, 6.45) is -4.33. The van der Waals surface area contributed by atoms with E-state index in [1.54, 1.807) is 13.8 Å². The summed E-state index contributed by atoms with van der Waals surface area (Å²) >= 11 is 0. The fourth-order valence-electron chi connectivity index (χ4n) is 1.57. The molecular formula is C9H16F3NO4S. The molecule has 9 heteroatoms. The van der Waals surface area contributed by atoms with Gasteiger partial charge in [0.15, 0.2) is 5.75 Å². The third-order valence-corrected chi connectivity index (χ3v) is 4.10. The molecule has 0 saturated heterocycles. The second-order valence-electron chi connectivity index (χ2n) is 3.78. The van der Waals surface area contributed by atoms with Crippen LogP contribution in [0.15, 0.2) is 0 Å². The monoisotopic (exact) mass is 291 g/mol. The molecule has 0 aliphatic heterocycles. The van der Waals surface area contributed by atoms with Crippen LogP contribution < -0.4 is 0 Å². The molecule has 0 aliphatic rings. The highest BCUT2D eigenvalue weighted by molar-refractivity contribution is 7.89. The van der Waals surface area contributed by atoms with Crippen LogP contribution in [-0.2, 0) is 14.8 Å². The average Bonchev–Trinajstić information content (AvgIpc) is 2.14. The fourth-order valence-corrected chi connectivity index (χ4v) is 3.14. The molecule has 5 nitrogen and oxygen atoms in total. The van der Waals surface area contributed by atoms with Gasteiger partial charge in [0.25, 0.3) is 0 Å². The Morgan fingerprint density at radius 1 is 1.28 bits per heavy atom. The van der Waals surface area contributed by atoms with E-state index in [4.69, 9.17) is 5.11 Å². The average molecular weight is 291 g/mol. The Morgan fingerprint density at radius 2 is 1.72 bits per heavy atom. The highest BCUT2D eigenvalue weighted by atomic mass is 32.2. The van der Waals surface area contributed by atoms with Gasteiger partial charge in [-0.25, -0.2) is 8.42 Å². The quantitative estimate of drug-likeness (QED) is 0.770. The maximum absolute atomic E-state index is 12.4. The van der Waals surface area contributed by atoms with Crippen molar-refractivity contribution >= 4 is 16.0 Å². The molecule has 0 amide bonds. The first-order valence-electron chi connectivity index (χ1n) is 5.31. The zero-order valence-corrected chi connectivity index (χ0v) is 10.9. The number of hydrogen-bond acceptors (Lipinski definition) is 3. The summed E-state index contributed by atoms with van der Waals surface area (Å²) in [5.41, 5.74) is 0. The van der Waals surface area contributed by atoms with Crippen LogP contribution >= 0.6 is 0 Å². The number of carboxylic acids is 1. The molecule has 0 spiro atoms. The van der Waals surface area contributed by atoms with E-state index in [1.807, 2.05) is 0 Å². The summed E-state index contributed by atoms with van der Waals surface area (Å²) < 4.78 is 60.5. The molecular weight excluding hydrogens is 275 g/mol. The summed E-state index contributed by atoms with van der Waals surface area (Å²) in [6.45, 7) is 1.44. The van der Waals surface area contributed by atoms with Gasteiger partial charge in [-0.2, -0.15) is 17.5 Å². The molecule has 0 fully saturated rings. The maximum Gasteiger partial charge on any atom is 0.402 e. The molecule has 0 aliphatic carbocycles. The van der Waals surface area contributed by atoms with E-state index in [0.29, 0.717) is 0 Å². The molecule has 18 heavy (non-hydrogen) atoms. The first-order chi connectivity index (χ1) is 8.03. The minimum absolute atomic E-state index is 0.186. The lowest BCUT2D eigenvalue weighted by Crippen LogP contribution is -2.47. The van der Waals surface area contributed by atoms with Crippen molar-refractivity contribution in [1.29, 1.82) is 0 Å². The predicted molar refractivity (Wildman–Crippen MR) is 58.6 cm³/mol. The second-order valence-corrected chi connectivity index (χ2v) is 5.70. The molecule has 1 N–H and O–H groups in total. The number of aliphatic carboxylic acids is 1. The van der Waals surface area contributed by atoms with E-state index in [2.05, 4.69) is 0 Å². The summed E-state index contributed by atoms with van der Waals surface area (Å²) in [4.78, 5) is 10.4. The fraction of sp³-hybridized carbons (Fsp3) is 0.889. The molecule has 0 saturated carbocycles. The second kappa shape index (κ2) is 6.37. The lowest BCUT2D eigenvalue weighted by Gasteiger charge is -2.29. The van der Waals surface area contributed by atoms with Gasteiger partial charge in [-0.05, 0) is 12.8 Å². The number of hydrogen-bond donors (Lipinski definition) is 1. The minimum Gasteiger partial charge on any atom is -0.480 e. The number of rotatable bonds is 7. The number of alkyl halides is 3. The molecule has 0 radical (unpaired) electrons. The molecule has 0 bridgehead atoms. The van der Waals surface area contributed by atoms with Crippen molar-refractivity contribution in [2.75, 3.05) is 12.3 Å².